The van der Waals surface area contributed by atoms with Gasteiger partial charge in [0, 0.05) is 32.3 Å². The molecule has 0 aliphatic carbocycles. The summed E-state index contributed by atoms with van der Waals surface area (Å²) in [6, 6.07) is 0. The summed E-state index contributed by atoms with van der Waals surface area (Å²) in [6.45, 7) is 1.94. The van der Waals surface area contributed by atoms with E-state index in [2.05, 4.69) is 0 Å². The normalized spacial score (nSPS) is 16.3. The van der Waals surface area contributed by atoms with Crippen LogP contribution in [-0.2, 0) is 19.1 Å². The molecular weight excluding hydrogens is 223 g/mol. The van der Waals surface area contributed by atoms with Crippen molar-refractivity contribution in [1.82, 2.24) is 9.71 Å². The molecule has 0 aromatic rings. The molecule has 0 bridgehead atoms. The van der Waals surface area contributed by atoms with E-state index < -0.39 is 5.91 Å². The highest BCUT2D eigenvalue weighted by Gasteiger charge is 2.15. The molecule has 1 aliphatic rings. The number of imide groups is 1. The molecule has 1 rings (SSSR count). The average molecular weight is 238 g/mol. The summed E-state index contributed by atoms with van der Waals surface area (Å²) in [5.41, 5.74) is 0. The Labute approximate surface area is 102 Å². The van der Waals surface area contributed by atoms with Crippen LogP contribution in [0.3, 0.4) is 0 Å². The van der Waals surface area contributed by atoms with Gasteiger partial charge in [-0.15, -0.1) is 0 Å². The Morgan fingerprint density at radius 1 is 1.47 bits per heavy atom. The zero-order valence-corrected chi connectivity index (χ0v) is 9.74. The fourth-order valence-electron chi connectivity index (χ4n) is 1.29. The Kier molecular flexibility index (Phi) is 5.72. The van der Waals surface area contributed by atoms with Gasteiger partial charge in [-0.05, 0) is 0 Å². The summed E-state index contributed by atoms with van der Waals surface area (Å²) in [4.78, 5) is 23.6. The lowest BCUT2D eigenvalue weighted by atomic mass is 10.3. The van der Waals surface area contributed by atoms with Gasteiger partial charge < -0.3 is 19.2 Å². The van der Waals surface area contributed by atoms with Crippen LogP contribution in [0.1, 0.15) is 6.42 Å². The SMILES string of the molecule is [B]N(C=O)C(=O)/C=C\N(C)CCC1OCCO1. The number of nitrogens with zero attached hydrogens (tertiary/aromatic N) is 2. The highest BCUT2D eigenvalue weighted by molar-refractivity contribution is 6.22. The Balaban J connectivity index is 2.23. The first-order chi connectivity index (χ1) is 8.13. The van der Waals surface area contributed by atoms with Crippen molar-refractivity contribution in [3.63, 3.8) is 0 Å². The van der Waals surface area contributed by atoms with Crippen molar-refractivity contribution < 1.29 is 19.1 Å². The van der Waals surface area contributed by atoms with E-state index in [1.165, 1.54) is 6.08 Å². The van der Waals surface area contributed by atoms with Crippen molar-refractivity contribution in [3.8, 4) is 0 Å². The smallest absolute Gasteiger partial charge is 0.242 e. The molecule has 1 fully saturated rings. The first kappa shape index (κ1) is 13.7. The van der Waals surface area contributed by atoms with E-state index in [4.69, 9.17) is 17.5 Å². The van der Waals surface area contributed by atoms with E-state index in [1.807, 2.05) is 0 Å². The third kappa shape index (κ3) is 5.01. The van der Waals surface area contributed by atoms with E-state index in [0.717, 1.165) is 6.42 Å². The number of hydrogen-bond acceptors (Lipinski definition) is 5. The number of carbonyl (C=O) groups is 2. The fraction of sp³-hybridized carbons (Fsp3) is 0.600. The van der Waals surface area contributed by atoms with Crippen LogP contribution in [0.4, 0.5) is 0 Å². The monoisotopic (exact) mass is 238 g/mol. The Morgan fingerprint density at radius 2 is 2.12 bits per heavy atom. The maximum atomic E-state index is 11.1. The van der Waals surface area contributed by atoms with Crippen molar-refractivity contribution in [1.29, 1.82) is 0 Å². The number of amides is 2. The molecule has 0 saturated carbocycles. The lowest BCUT2D eigenvalue weighted by Crippen LogP contribution is -2.25. The van der Waals surface area contributed by atoms with Crippen LogP contribution in [0.2, 0.25) is 0 Å². The molecule has 17 heavy (non-hydrogen) atoms. The van der Waals surface area contributed by atoms with Crippen LogP contribution in [0.5, 0.6) is 0 Å². The molecule has 1 heterocycles. The van der Waals surface area contributed by atoms with Gasteiger partial charge in [-0.2, -0.15) is 0 Å². The van der Waals surface area contributed by atoms with Crippen LogP contribution in [0.15, 0.2) is 12.3 Å². The Hall–Kier alpha value is -1.34. The lowest BCUT2D eigenvalue weighted by Gasteiger charge is -2.16. The average Bonchev–Trinajstić information content (AvgIpc) is 2.85. The first-order valence-corrected chi connectivity index (χ1v) is 5.28. The lowest BCUT2D eigenvalue weighted by molar-refractivity contribution is -0.128. The Bertz CT molecular complexity index is 292. The van der Waals surface area contributed by atoms with Gasteiger partial charge in [0.2, 0.25) is 20.3 Å². The van der Waals surface area contributed by atoms with E-state index >= 15 is 0 Å². The minimum atomic E-state index is -0.569. The quantitative estimate of drug-likeness (QED) is 0.346. The second-order valence-corrected chi connectivity index (χ2v) is 3.61. The van der Waals surface area contributed by atoms with Gasteiger partial charge in [0.15, 0.2) is 6.29 Å². The van der Waals surface area contributed by atoms with Crippen molar-refractivity contribution in [2.45, 2.75) is 12.7 Å². The van der Waals surface area contributed by atoms with Crippen LogP contribution < -0.4 is 0 Å². The van der Waals surface area contributed by atoms with Gasteiger partial charge in [0.05, 0.1) is 13.2 Å². The molecule has 0 aromatic heterocycles. The van der Waals surface area contributed by atoms with E-state index in [0.29, 0.717) is 24.6 Å². The third-order valence-corrected chi connectivity index (χ3v) is 2.25. The molecule has 2 radical (unpaired) electrons. The van der Waals surface area contributed by atoms with Crippen LogP contribution >= 0.6 is 0 Å². The maximum absolute atomic E-state index is 11.1. The van der Waals surface area contributed by atoms with Crippen molar-refractivity contribution in [2.75, 3.05) is 26.8 Å². The summed E-state index contributed by atoms with van der Waals surface area (Å²) >= 11 is 0. The molecule has 2 amide bonds. The summed E-state index contributed by atoms with van der Waals surface area (Å²) in [7, 11) is 6.89. The molecule has 1 aliphatic heterocycles. The number of rotatable bonds is 6. The van der Waals surface area contributed by atoms with Crippen LogP contribution in [0, 0.1) is 0 Å². The fourth-order valence-corrected chi connectivity index (χ4v) is 1.29. The van der Waals surface area contributed by atoms with Crippen molar-refractivity contribution in [2.24, 2.45) is 0 Å². The second kappa shape index (κ2) is 7.08. The molecule has 0 unspecified atom stereocenters. The summed E-state index contributed by atoms with van der Waals surface area (Å²) in [5, 5.41) is 0. The van der Waals surface area contributed by atoms with Crippen LogP contribution in [0.25, 0.3) is 0 Å². The number of hydrogen-bond donors (Lipinski definition) is 0. The molecule has 92 valence electrons. The molecule has 6 nitrogen and oxygen atoms in total. The van der Waals surface area contributed by atoms with Gasteiger partial charge in [0.1, 0.15) is 0 Å². The molecule has 1 saturated heterocycles. The zero-order chi connectivity index (χ0) is 12.7. The van der Waals surface area contributed by atoms with Gasteiger partial charge in [-0.1, -0.05) is 0 Å². The first-order valence-electron chi connectivity index (χ1n) is 5.28. The van der Waals surface area contributed by atoms with Crippen molar-refractivity contribution >= 4 is 20.3 Å². The minimum Gasteiger partial charge on any atom is -0.380 e. The Morgan fingerprint density at radius 3 is 2.71 bits per heavy atom. The highest BCUT2D eigenvalue weighted by Crippen LogP contribution is 2.08. The van der Waals surface area contributed by atoms with Crippen molar-refractivity contribution in [3.05, 3.63) is 12.3 Å². The summed E-state index contributed by atoms with van der Waals surface area (Å²) < 4.78 is 10.5. The topological polar surface area (TPSA) is 59.1 Å². The summed E-state index contributed by atoms with van der Waals surface area (Å²) in [6.07, 6.45) is 3.59. The zero-order valence-electron chi connectivity index (χ0n) is 9.74. The predicted octanol–water partition coefficient (Wildman–Crippen LogP) is -0.737. The molecule has 0 spiro atoms. The predicted molar refractivity (Wildman–Crippen MR) is 60.7 cm³/mol. The minimum absolute atomic E-state index is 0.164. The van der Waals surface area contributed by atoms with E-state index in [1.54, 1.807) is 18.1 Å². The molecule has 0 N–H and O–H groups in total. The molecule has 7 heteroatoms. The standard InChI is InChI=1S/C10H15BN2O4/c1-12(4-2-9(15)13(11)8-14)5-3-10-16-6-7-17-10/h2,4,8,10H,3,5-7H2,1H3/b4-2-. The van der Waals surface area contributed by atoms with Gasteiger partial charge >= 0.3 is 0 Å². The van der Waals surface area contributed by atoms with Gasteiger partial charge in [0.25, 0.3) is 0 Å². The molecular formula is C10H15BN2O4. The summed E-state index contributed by atoms with van der Waals surface area (Å²) in [5.74, 6) is -0.569. The second-order valence-electron chi connectivity index (χ2n) is 3.61. The largest absolute Gasteiger partial charge is 0.380 e. The third-order valence-electron chi connectivity index (χ3n) is 2.25. The van der Waals surface area contributed by atoms with Crippen LogP contribution in [-0.4, -0.2) is 63.1 Å². The van der Waals surface area contributed by atoms with E-state index in [9.17, 15) is 9.59 Å². The molecule has 0 aromatic carbocycles. The number of carbonyl (C=O) groups excluding carboxylic acids is 2. The van der Waals surface area contributed by atoms with Gasteiger partial charge in [-0.25, -0.2) is 0 Å². The molecule has 0 atom stereocenters. The highest BCUT2D eigenvalue weighted by atomic mass is 16.7. The van der Waals surface area contributed by atoms with Gasteiger partial charge in [-0.3, -0.25) is 9.59 Å². The number of ether oxygens (including phenoxy) is 2. The van der Waals surface area contributed by atoms with E-state index in [-0.39, 0.29) is 12.7 Å². The maximum Gasteiger partial charge on any atom is 0.242 e.